The lowest BCUT2D eigenvalue weighted by atomic mass is 9.68. The smallest absolute Gasteiger partial charge is 0.163 e. The molecule has 0 saturated heterocycles. The zero-order chi connectivity index (χ0) is 19.3. The van der Waals surface area contributed by atoms with Gasteiger partial charge in [-0.25, -0.2) is 8.78 Å². The predicted octanol–water partition coefficient (Wildman–Crippen LogP) is 5.96. The number of hydrogen-bond donors (Lipinski definition) is 0. The van der Waals surface area contributed by atoms with Crippen LogP contribution in [0.15, 0.2) is 42.5 Å². The molecule has 0 radical (unpaired) electrons. The average Bonchev–Trinajstić information content (AvgIpc) is 2.87. The number of carbonyl (C=O) groups excluding carboxylic acids is 1. The van der Waals surface area contributed by atoms with Crippen molar-refractivity contribution in [2.75, 3.05) is 6.61 Å². The van der Waals surface area contributed by atoms with Crippen LogP contribution >= 0.6 is 0 Å². The molecule has 2 nitrogen and oxygen atoms in total. The van der Waals surface area contributed by atoms with Gasteiger partial charge in [-0.2, -0.15) is 0 Å². The molecule has 0 N–H and O–H groups in total. The van der Waals surface area contributed by atoms with E-state index in [0.717, 1.165) is 43.9 Å². The number of rotatable bonds is 6. The SMILES string of the molecule is CCCCOc1ccc(C2(c3cccc(F)c3F)CCCCCC2=O)cc1. The van der Waals surface area contributed by atoms with E-state index in [2.05, 4.69) is 6.92 Å². The van der Waals surface area contributed by atoms with Crippen LogP contribution in [0.25, 0.3) is 0 Å². The quantitative estimate of drug-likeness (QED) is 0.462. The molecule has 1 saturated carbocycles. The van der Waals surface area contributed by atoms with Crippen molar-refractivity contribution < 1.29 is 18.3 Å². The predicted molar refractivity (Wildman–Crippen MR) is 102 cm³/mol. The fraction of sp³-hybridized carbons (Fsp3) is 0.435. The van der Waals surface area contributed by atoms with E-state index in [0.29, 0.717) is 25.0 Å². The van der Waals surface area contributed by atoms with Gasteiger partial charge in [0.05, 0.1) is 12.0 Å². The highest BCUT2D eigenvalue weighted by Gasteiger charge is 2.44. The Bertz CT molecular complexity index is 785. The van der Waals surface area contributed by atoms with Crippen LogP contribution in [0.3, 0.4) is 0 Å². The summed E-state index contributed by atoms with van der Waals surface area (Å²) >= 11 is 0. The molecule has 0 amide bonds. The molecule has 2 aromatic rings. The monoisotopic (exact) mass is 372 g/mol. The highest BCUT2D eigenvalue weighted by atomic mass is 19.2. The fourth-order valence-electron chi connectivity index (χ4n) is 3.95. The molecule has 2 aromatic carbocycles. The highest BCUT2D eigenvalue weighted by Crippen LogP contribution is 2.43. The van der Waals surface area contributed by atoms with Crippen LogP contribution in [0.5, 0.6) is 5.75 Å². The first-order chi connectivity index (χ1) is 13.1. The normalized spacial score (nSPS) is 20.3. The Morgan fingerprint density at radius 2 is 1.81 bits per heavy atom. The van der Waals surface area contributed by atoms with Crippen molar-refractivity contribution >= 4 is 5.78 Å². The van der Waals surface area contributed by atoms with E-state index >= 15 is 0 Å². The second-order valence-corrected chi connectivity index (χ2v) is 7.22. The second-order valence-electron chi connectivity index (χ2n) is 7.22. The van der Waals surface area contributed by atoms with Gasteiger partial charge in [0.1, 0.15) is 11.5 Å². The molecule has 0 aliphatic heterocycles. The van der Waals surface area contributed by atoms with Crippen LogP contribution in [-0.4, -0.2) is 12.4 Å². The van der Waals surface area contributed by atoms with E-state index in [-0.39, 0.29) is 11.3 Å². The maximum atomic E-state index is 14.8. The standard InChI is InChI=1S/C23H26F2O2/c1-2-3-16-27-18-13-11-17(12-14-18)23(15-6-4-5-10-21(23)26)19-8-7-9-20(24)22(19)25/h7-9,11-14H,2-6,10,15-16H2,1H3. The summed E-state index contributed by atoms with van der Waals surface area (Å²) in [5.41, 5.74) is -0.277. The van der Waals surface area contributed by atoms with Gasteiger partial charge in [-0.1, -0.05) is 50.5 Å². The molecule has 144 valence electrons. The van der Waals surface area contributed by atoms with E-state index in [1.165, 1.54) is 6.07 Å². The summed E-state index contributed by atoms with van der Waals surface area (Å²) in [6.45, 7) is 2.74. The summed E-state index contributed by atoms with van der Waals surface area (Å²) in [4.78, 5) is 13.2. The van der Waals surface area contributed by atoms with Gasteiger partial charge in [0.15, 0.2) is 11.6 Å². The van der Waals surface area contributed by atoms with Crippen molar-refractivity contribution in [1.29, 1.82) is 0 Å². The van der Waals surface area contributed by atoms with Gasteiger partial charge in [0.2, 0.25) is 0 Å². The molecule has 1 atom stereocenters. The van der Waals surface area contributed by atoms with Crippen LogP contribution < -0.4 is 4.74 Å². The molecule has 27 heavy (non-hydrogen) atoms. The third-order valence-corrected chi connectivity index (χ3v) is 5.46. The Hall–Kier alpha value is -2.23. The van der Waals surface area contributed by atoms with Gasteiger partial charge in [-0.05, 0) is 43.0 Å². The number of ketones is 1. The fourth-order valence-corrected chi connectivity index (χ4v) is 3.95. The minimum atomic E-state index is -1.13. The molecule has 1 unspecified atom stereocenters. The number of hydrogen-bond acceptors (Lipinski definition) is 2. The lowest BCUT2D eigenvalue weighted by Gasteiger charge is -2.33. The average molecular weight is 372 g/mol. The molecule has 0 aromatic heterocycles. The Balaban J connectivity index is 2.05. The summed E-state index contributed by atoms with van der Waals surface area (Å²) in [5.74, 6) is -1.15. The summed E-state index contributed by atoms with van der Waals surface area (Å²) in [7, 11) is 0. The Labute approximate surface area is 159 Å². The van der Waals surface area contributed by atoms with Crippen LogP contribution in [0.4, 0.5) is 8.78 Å². The van der Waals surface area contributed by atoms with Crippen LogP contribution in [0, 0.1) is 11.6 Å². The number of unbranched alkanes of at least 4 members (excludes halogenated alkanes) is 1. The van der Waals surface area contributed by atoms with Crippen molar-refractivity contribution in [1.82, 2.24) is 0 Å². The lowest BCUT2D eigenvalue weighted by Crippen LogP contribution is -2.37. The molecule has 4 heteroatoms. The third-order valence-electron chi connectivity index (χ3n) is 5.46. The minimum Gasteiger partial charge on any atom is -0.494 e. The van der Waals surface area contributed by atoms with Crippen LogP contribution in [0.1, 0.15) is 63.0 Å². The van der Waals surface area contributed by atoms with Gasteiger partial charge in [-0.15, -0.1) is 0 Å². The number of halogens is 2. The van der Waals surface area contributed by atoms with Crippen LogP contribution in [0.2, 0.25) is 0 Å². The summed E-state index contributed by atoms with van der Waals surface area (Å²) < 4.78 is 34.4. The van der Waals surface area contributed by atoms with E-state index in [9.17, 15) is 13.6 Å². The second kappa shape index (κ2) is 8.64. The Morgan fingerprint density at radius 3 is 2.56 bits per heavy atom. The molecular weight excluding hydrogens is 346 g/mol. The topological polar surface area (TPSA) is 26.3 Å². The third kappa shape index (κ3) is 3.90. The first-order valence-electron chi connectivity index (χ1n) is 9.80. The van der Waals surface area contributed by atoms with Crippen LogP contribution in [-0.2, 0) is 10.2 Å². The van der Waals surface area contributed by atoms with Crippen molar-refractivity contribution in [3.63, 3.8) is 0 Å². The maximum Gasteiger partial charge on any atom is 0.163 e. The molecule has 0 heterocycles. The van der Waals surface area contributed by atoms with E-state index in [4.69, 9.17) is 4.74 Å². The van der Waals surface area contributed by atoms with Crippen molar-refractivity contribution in [3.05, 3.63) is 65.2 Å². The minimum absolute atomic E-state index is 0.0378. The Morgan fingerprint density at radius 1 is 1.04 bits per heavy atom. The number of ether oxygens (including phenoxy) is 1. The van der Waals surface area contributed by atoms with E-state index in [1.54, 1.807) is 6.07 Å². The van der Waals surface area contributed by atoms with Gasteiger partial charge >= 0.3 is 0 Å². The molecule has 1 aliphatic rings. The Kier molecular flexibility index (Phi) is 6.25. The molecule has 3 rings (SSSR count). The lowest BCUT2D eigenvalue weighted by molar-refractivity contribution is -0.123. The molecule has 0 spiro atoms. The van der Waals surface area contributed by atoms with Gasteiger partial charge in [0.25, 0.3) is 0 Å². The first kappa shape index (κ1) is 19.5. The van der Waals surface area contributed by atoms with Gasteiger partial charge < -0.3 is 4.74 Å². The first-order valence-corrected chi connectivity index (χ1v) is 9.80. The molecule has 1 aliphatic carbocycles. The van der Waals surface area contributed by atoms with Gasteiger partial charge in [0, 0.05) is 12.0 Å². The molecule has 1 fully saturated rings. The summed E-state index contributed by atoms with van der Waals surface area (Å²) in [6.07, 6.45) is 5.40. The summed E-state index contributed by atoms with van der Waals surface area (Å²) in [5, 5.41) is 0. The highest BCUT2D eigenvalue weighted by molar-refractivity contribution is 5.94. The molecule has 0 bridgehead atoms. The summed E-state index contributed by atoms with van der Waals surface area (Å²) in [6, 6.07) is 11.4. The van der Waals surface area contributed by atoms with E-state index < -0.39 is 17.0 Å². The number of benzene rings is 2. The van der Waals surface area contributed by atoms with Gasteiger partial charge in [-0.3, -0.25) is 4.79 Å². The largest absolute Gasteiger partial charge is 0.494 e. The van der Waals surface area contributed by atoms with Crippen molar-refractivity contribution in [3.8, 4) is 5.75 Å². The number of Topliss-reactive ketones (excluding diaryl/α,β-unsaturated/α-hetero) is 1. The maximum absolute atomic E-state index is 14.8. The van der Waals surface area contributed by atoms with E-state index in [1.807, 2.05) is 24.3 Å². The molecular formula is C23H26F2O2. The zero-order valence-corrected chi connectivity index (χ0v) is 15.8. The zero-order valence-electron chi connectivity index (χ0n) is 15.8. The van der Waals surface area contributed by atoms with Crippen molar-refractivity contribution in [2.24, 2.45) is 0 Å². The van der Waals surface area contributed by atoms with Crippen molar-refractivity contribution in [2.45, 2.75) is 57.3 Å². The number of carbonyl (C=O) groups is 1.